The topological polar surface area (TPSA) is 65.1 Å². The van der Waals surface area contributed by atoms with Gasteiger partial charge in [0.15, 0.2) is 5.72 Å². The van der Waals surface area contributed by atoms with Crippen molar-refractivity contribution in [2.75, 3.05) is 36.0 Å². The van der Waals surface area contributed by atoms with Gasteiger partial charge >= 0.3 is 6.03 Å². The minimum atomic E-state index is -0.816. The molecule has 2 fully saturated rings. The van der Waals surface area contributed by atoms with Crippen LogP contribution < -0.4 is 19.9 Å². The van der Waals surface area contributed by atoms with Crippen molar-refractivity contribution in [1.82, 2.24) is 10.2 Å². The van der Waals surface area contributed by atoms with Crippen LogP contribution in [0.5, 0.6) is 5.75 Å². The summed E-state index contributed by atoms with van der Waals surface area (Å²) in [4.78, 5) is 32.1. The van der Waals surface area contributed by atoms with Crippen LogP contribution in [0.15, 0.2) is 72.8 Å². The zero-order chi connectivity index (χ0) is 24.9. The predicted molar refractivity (Wildman–Crippen MR) is 140 cm³/mol. The number of fused-ring (bicyclic) bond motifs is 4. The van der Waals surface area contributed by atoms with Crippen molar-refractivity contribution >= 4 is 34.9 Å². The summed E-state index contributed by atoms with van der Waals surface area (Å²) >= 11 is 6.13. The number of nitrogens with one attached hydrogen (secondary N) is 1. The number of carbonyl (C=O) groups excluding carboxylic acids is 2. The molecule has 2 atom stereocenters. The van der Waals surface area contributed by atoms with Crippen LogP contribution in [0.1, 0.15) is 35.3 Å². The quantitative estimate of drug-likeness (QED) is 0.543. The van der Waals surface area contributed by atoms with E-state index in [0.717, 1.165) is 30.1 Å². The number of benzene rings is 3. The van der Waals surface area contributed by atoms with E-state index in [4.69, 9.17) is 16.3 Å². The number of piperazine rings is 1. The largest absolute Gasteiger partial charge is 0.467 e. The molecule has 184 valence electrons. The minimum Gasteiger partial charge on any atom is -0.467 e. The summed E-state index contributed by atoms with van der Waals surface area (Å²) in [5.41, 5.74) is 2.55. The van der Waals surface area contributed by atoms with Gasteiger partial charge in [0.05, 0.1) is 6.04 Å². The highest BCUT2D eigenvalue weighted by Gasteiger charge is 2.49. The van der Waals surface area contributed by atoms with E-state index in [1.54, 1.807) is 17.0 Å². The Balaban J connectivity index is 1.16. The summed E-state index contributed by atoms with van der Waals surface area (Å²) in [6.45, 7) is 4.70. The van der Waals surface area contributed by atoms with Crippen LogP contribution >= 0.6 is 11.6 Å². The molecule has 3 heterocycles. The molecule has 0 saturated carbocycles. The first-order valence-electron chi connectivity index (χ1n) is 12.2. The number of hydrogen-bond donors (Lipinski definition) is 1. The van der Waals surface area contributed by atoms with Gasteiger partial charge in [-0.1, -0.05) is 35.9 Å². The lowest BCUT2D eigenvalue weighted by molar-refractivity contribution is 0.0379. The van der Waals surface area contributed by atoms with E-state index in [2.05, 4.69) is 10.2 Å². The monoisotopic (exact) mass is 502 g/mol. The highest BCUT2D eigenvalue weighted by Crippen LogP contribution is 2.45. The van der Waals surface area contributed by atoms with Crippen molar-refractivity contribution in [3.63, 3.8) is 0 Å². The Morgan fingerprint density at radius 3 is 2.47 bits per heavy atom. The lowest BCUT2D eigenvalue weighted by Crippen LogP contribution is -2.65. The third-order valence-corrected chi connectivity index (χ3v) is 7.53. The minimum absolute atomic E-state index is 0.00971. The molecule has 1 N–H and O–H groups in total. The van der Waals surface area contributed by atoms with Crippen LogP contribution in [0.2, 0.25) is 5.02 Å². The van der Waals surface area contributed by atoms with Gasteiger partial charge in [0.1, 0.15) is 5.75 Å². The number of ether oxygens (including phenoxy) is 1. The number of halogens is 1. The van der Waals surface area contributed by atoms with E-state index >= 15 is 0 Å². The van der Waals surface area contributed by atoms with E-state index in [1.807, 2.05) is 72.5 Å². The first kappa shape index (κ1) is 22.7. The summed E-state index contributed by atoms with van der Waals surface area (Å²) in [6, 6.07) is 22.5. The van der Waals surface area contributed by atoms with Crippen LogP contribution in [-0.2, 0) is 0 Å². The molecular weight excluding hydrogens is 476 g/mol. The molecule has 8 heteroatoms. The third kappa shape index (κ3) is 3.93. The molecule has 3 aromatic carbocycles. The summed E-state index contributed by atoms with van der Waals surface area (Å²) in [6.07, 6.45) is 0.632. The summed E-state index contributed by atoms with van der Waals surface area (Å²) in [5.74, 6) is 0.773. The smallest absolute Gasteiger partial charge is 0.325 e. The first-order chi connectivity index (χ1) is 17.4. The van der Waals surface area contributed by atoms with Gasteiger partial charge in [-0.15, -0.1) is 0 Å². The number of urea groups is 1. The summed E-state index contributed by atoms with van der Waals surface area (Å²) in [5, 5.41) is 3.82. The van der Waals surface area contributed by atoms with Gasteiger partial charge in [-0.05, 0) is 55.5 Å². The molecule has 7 nitrogen and oxygen atoms in total. The van der Waals surface area contributed by atoms with Crippen LogP contribution in [-0.4, -0.2) is 48.7 Å². The second kappa shape index (κ2) is 8.75. The summed E-state index contributed by atoms with van der Waals surface area (Å²) in [7, 11) is 0. The molecule has 3 aromatic rings. The fraction of sp³-hybridized carbons (Fsp3) is 0.286. The number of amides is 3. The molecule has 6 rings (SSSR count). The Hall–Kier alpha value is -3.71. The molecule has 3 aliphatic heterocycles. The fourth-order valence-corrected chi connectivity index (χ4v) is 5.67. The van der Waals surface area contributed by atoms with Crippen molar-refractivity contribution in [3.05, 3.63) is 88.9 Å². The lowest BCUT2D eigenvalue weighted by atomic mass is 9.90. The van der Waals surface area contributed by atoms with E-state index in [0.29, 0.717) is 35.8 Å². The molecule has 2 unspecified atom stereocenters. The molecule has 3 aliphatic rings. The van der Waals surface area contributed by atoms with E-state index in [1.165, 1.54) is 0 Å². The molecule has 3 amide bonds. The molecule has 0 spiro atoms. The van der Waals surface area contributed by atoms with Crippen molar-refractivity contribution in [1.29, 1.82) is 0 Å². The molecule has 36 heavy (non-hydrogen) atoms. The highest BCUT2D eigenvalue weighted by atomic mass is 35.5. The number of para-hydroxylation sites is 1. The Bertz CT molecular complexity index is 1320. The van der Waals surface area contributed by atoms with Gasteiger partial charge in [0.2, 0.25) is 0 Å². The second-order valence-electron chi connectivity index (χ2n) is 9.66. The molecule has 0 radical (unpaired) electrons. The van der Waals surface area contributed by atoms with Crippen molar-refractivity contribution < 1.29 is 14.3 Å². The summed E-state index contributed by atoms with van der Waals surface area (Å²) < 4.78 is 6.33. The van der Waals surface area contributed by atoms with Crippen LogP contribution in [0.3, 0.4) is 0 Å². The fourth-order valence-electron chi connectivity index (χ4n) is 5.49. The Kier molecular flexibility index (Phi) is 5.52. The number of carbonyl (C=O) groups is 2. The Labute approximate surface area is 215 Å². The maximum Gasteiger partial charge on any atom is 0.325 e. The Morgan fingerprint density at radius 2 is 1.72 bits per heavy atom. The Morgan fingerprint density at radius 1 is 0.972 bits per heavy atom. The van der Waals surface area contributed by atoms with Crippen LogP contribution in [0.4, 0.5) is 16.2 Å². The first-order valence-corrected chi connectivity index (χ1v) is 12.6. The van der Waals surface area contributed by atoms with Gasteiger partial charge in [0, 0.05) is 60.1 Å². The van der Waals surface area contributed by atoms with Gasteiger partial charge in [-0.2, -0.15) is 0 Å². The number of hydrogen-bond acceptors (Lipinski definition) is 4. The third-order valence-electron chi connectivity index (χ3n) is 7.29. The van der Waals surface area contributed by atoms with Crippen LogP contribution in [0, 0.1) is 0 Å². The molecule has 0 aliphatic carbocycles. The number of anilines is 2. The average molecular weight is 503 g/mol. The van der Waals surface area contributed by atoms with Crippen molar-refractivity contribution in [2.45, 2.75) is 25.1 Å². The van der Waals surface area contributed by atoms with E-state index < -0.39 is 5.72 Å². The van der Waals surface area contributed by atoms with E-state index in [9.17, 15) is 9.59 Å². The van der Waals surface area contributed by atoms with Crippen LogP contribution in [0.25, 0.3) is 0 Å². The number of rotatable bonds is 3. The van der Waals surface area contributed by atoms with Gasteiger partial charge < -0.3 is 19.9 Å². The molecular formula is C28H27ClN4O3. The molecule has 2 saturated heterocycles. The predicted octanol–water partition coefficient (Wildman–Crippen LogP) is 5.07. The van der Waals surface area contributed by atoms with Gasteiger partial charge in [-0.3, -0.25) is 9.69 Å². The van der Waals surface area contributed by atoms with Gasteiger partial charge in [0.25, 0.3) is 5.91 Å². The highest BCUT2D eigenvalue weighted by molar-refractivity contribution is 6.30. The maximum absolute atomic E-state index is 13.2. The molecule has 0 aromatic heterocycles. The van der Waals surface area contributed by atoms with Crippen molar-refractivity contribution in [2.24, 2.45) is 0 Å². The number of nitrogens with zero attached hydrogens (tertiary/aromatic N) is 3. The normalized spacial score (nSPS) is 23.0. The molecule has 2 bridgehead atoms. The van der Waals surface area contributed by atoms with Crippen molar-refractivity contribution in [3.8, 4) is 5.75 Å². The van der Waals surface area contributed by atoms with Gasteiger partial charge in [-0.25, -0.2) is 4.79 Å². The van der Waals surface area contributed by atoms with E-state index in [-0.39, 0.29) is 18.0 Å². The zero-order valence-corrected chi connectivity index (χ0v) is 20.7. The SMILES string of the molecule is CC12CC(NC(=O)N1c1ccc(C(=O)N3CCN(c4cccc(Cl)c4)CC3)cc1)c1ccccc1O2. The second-order valence-corrected chi connectivity index (χ2v) is 10.1. The maximum atomic E-state index is 13.2. The lowest BCUT2D eigenvalue weighted by Gasteiger charge is -2.50. The standard InChI is InChI=1S/C28H27ClN4O3/c1-28-18-24(23-7-2-3-8-25(23)36-28)30-27(35)33(28)21-11-9-19(10-12-21)26(34)32-15-13-31(14-16-32)22-6-4-5-20(29)17-22/h2-12,17,24H,13-16,18H2,1H3,(H,30,35). The average Bonchev–Trinajstić information content (AvgIpc) is 2.88. The zero-order valence-electron chi connectivity index (χ0n) is 20.0.